The molecule has 0 radical (unpaired) electrons. The van der Waals surface area contributed by atoms with Crippen molar-refractivity contribution in [2.24, 2.45) is 0 Å². The normalized spacial score (nSPS) is 15.3. The van der Waals surface area contributed by atoms with E-state index >= 15 is 0 Å². The number of carboxylic acids is 1. The zero-order chi connectivity index (χ0) is 13.1. The van der Waals surface area contributed by atoms with Crippen LogP contribution in [-0.2, 0) is 11.3 Å². The molecule has 1 aliphatic heterocycles. The Bertz CT molecular complexity index is 461. The van der Waals surface area contributed by atoms with Gasteiger partial charge in [-0.1, -0.05) is 12.1 Å². The van der Waals surface area contributed by atoms with Gasteiger partial charge in [-0.2, -0.15) is 0 Å². The third-order valence-corrected chi connectivity index (χ3v) is 2.79. The van der Waals surface area contributed by atoms with E-state index in [2.05, 4.69) is 0 Å². The molecule has 1 aliphatic rings. The van der Waals surface area contributed by atoms with Crippen molar-refractivity contribution in [1.82, 2.24) is 9.80 Å². The van der Waals surface area contributed by atoms with Crippen LogP contribution in [0, 0.1) is 5.82 Å². The average Bonchev–Trinajstić information content (AvgIpc) is 2.64. The number of carbonyl (C=O) groups is 2. The van der Waals surface area contributed by atoms with Gasteiger partial charge in [-0.25, -0.2) is 9.18 Å². The fraction of sp³-hybridized carbons (Fsp3) is 0.333. The Morgan fingerprint density at radius 1 is 1.22 bits per heavy atom. The molecule has 96 valence electrons. The number of carboxylic acid groups (broad SMARTS) is 1. The van der Waals surface area contributed by atoms with Crippen molar-refractivity contribution in [1.29, 1.82) is 0 Å². The molecule has 5 nitrogen and oxygen atoms in total. The topological polar surface area (TPSA) is 60.9 Å². The summed E-state index contributed by atoms with van der Waals surface area (Å²) in [5, 5.41) is 8.64. The Hall–Kier alpha value is -2.11. The number of halogens is 1. The van der Waals surface area contributed by atoms with Gasteiger partial charge in [0.2, 0.25) is 0 Å². The van der Waals surface area contributed by atoms with Crippen molar-refractivity contribution in [3.05, 3.63) is 35.6 Å². The van der Waals surface area contributed by atoms with Crippen molar-refractivity contribution in [2.45, 2.75) is 6.54 Å². The Labute approximate surface area is 103 Å². The van der Waals surface area contributed by atoms with Gasteiger partial charge in [0.05, 0.1) is 0 Å². The van der Waals surface area contributed by atoms with Crippen LogP contribution in [0.4, 0.5) is 9.18 Å². The number of aliphatic carboxylic acids is 1. The van der Waals surface area contributed by atoms with Gasteiger partial charge in [0.1, 0.15) is 12.4 Å². The van der Waals surface area contributed by atoms with E-state index in [1.54, 1.807) is 17.0 Å². The number of benzene rings is 1. The van der Waals surface area contributed by atoms with Gasteiger partial charge in [0.25, 0.3) is 0 Å². The highest BCUT2D eigenvalue weighted by molar-refractivity contribution is 5.81. The van der Waals surface area contributed by atoms with Gasteiger partial charge < -0.3 is 14.9 Å². The summed E-state index contributed by atoms with van der Waals surface area (Å²) >= 11 is 0. The van der Waals surface area contributed by atoms with Crippen LogP contribution in [-0.4, -0.2) is 46.5 Å². The van der Waals surface area contributed by atoms with Crippen molar-refractivity contribution in [3.8, 4) is 0 Å². The summed E-state index contributed by atoms with van der Waals surface area (Å²) in [6.07, 6.45) is 0. The smallest absolute Gasteiger partial charge is 0.323 e. The van der Waals surface area contributed by atoms with Crippen LogP contribution in [0.1, 0.15) is 5.56 Å². The first kappa shape index (κ1) is 12.3. The second-order valence-electron chi connectivity index (χ2n) is 4.15. The molecule has 1 aromatic rings. The largest absolute Gasteiger partial charge is 0.480 e. The van der Waals surface area contributed by atoms with E-state index < -0.39 is 5.97 Å². The first-order valence-electron chi connectivity index (χ1n) is 5.56. The molecule has 1 aromatic carbocycles. The highest BCUT2D eigenvalue weighted by Gasteiger charge is 2.29. The van der Waals surface area contributed by atoms with E-state index in [0.717, 1.165) is 5.56 Å². The van der Waals surface area contributed by atoms with E-state index in [0.29, 0.717) is 19.6 Å². The summed E-state index contributed by atoms with van der Waals surface area (Å²) in [4.78, 5) is 25.2. The number of hydrogen-bond acceptors (Lipinski definition) is 2. The van der Waals surface area contributed by atoms with Gasteiger partial charge in [0, 0.05) is 19.6 Å². The molecule has 1 heterocycles. The van der Waals surface area contributed by atoms with Gasteiger partial charge in [-0.05, 0) is 17.7 Å². The molecule has 1 fully saturated rings. The van der Waals surface area contributed by atoms with Crippen LogP contribution in [0.15, 0.2) is 24.3 Å². The first-order valence-corrected chi connectivity index (χ1v) is 5.56. The predicted molar refractivity (Wildman–Crippen MR) is 61.4 cm³/mol. The molecule has 0 aliphatic carbocycles. The lowest BCUT2D eigenvalue weighted by molar-refractivity contribution is -0.137. The fourth-order valence-corrected chi connectivity index (χ4v) is 1.90. The average molecular weight is 252 g/mol. The molecule has 0 bridgehead atoms. The monoisotopic (exact) mass is 252 g/mol. The number of hydrogen-bond donors (Lipinski definition) is 1. The summed E-state index contributed by atoms with van der Waals surface area (Å²) in [7, 11) is 0. The fourth-order valence-electron chi connectivity index (χ4n) is 1.90. The summed E-state index contributed by atoms with van der Waals surface area (Å²) in [5.74, 6) is -1.34. The number of rotatable bonds is 4. The molecule has 0 aromatic heterocycles. The molecule has 2 amide bonds. The minimum atomic E-state index is -1.02. The first-order chi connectivity index (χ1) is 8.56. The highest BCUT2D eigenvalue weighted by Crippen LogP contribution is 2.13. The third-order valence-electron chi connectivity index (χ3n) is 2.79. The van der Waals surface area contributed by atoms with Gasteiger partial charge in [-0.3, -0.25) is 4.79 Å². The standard InChI is InChI=1S/C12H13FN2O3/c13-10-3-1-9(2-4-10)7-14-5-6-15(12(14)18)8-11(16)17/h1-4H,5-8H2,(H,16,17). The summed E-state index contributed by atoms with van der Waals surface area (Å²) in [6, 6.07) is 5.61. The van der Waals surface area contributed by atoms with Crippen molar-refractivity contribution in [2.75, 3.05) is 19.6 Å². The van der Waals surface area contributed by atoms with Gasteiger partial charge in [0.15, 0.2) is 0 Å². The Morgan fingerprint density at radius 2 is 1.83 bits per heavy atom. The molecule has 0 spiro atoms. The summed E-state index contributed by atoms with van der Waals surface area (Å²) in [6.45, 7) is 0.990. The number of urea groups is 1. The number of nitrogens with zero attached hydrogens (tertiary/aromatic N) is 2. The molecule has 1 saturated heterocycles. The van der Waals surface area contributed by atoms with E-state index in [1.165, 1.54) is 17.0 Å². The van der Waals surface area contributed by atoms with Crippen molar-refractivity contribution < 1.29 is 19.1 Å². The zero-order valence-electron chi connectivity index (χ0n) is 9.67. The third kappa shape index (κ3) is 2.77. The molecular formula is C12H13FN2O3. The lowest BCUT2D eigenvalue weighted by Gasteiger charge is -2.17. The van der Waals surface area contributed by atoms with Crippen molar-refractivity contribution in [3.63, 3.8) is 0 Å². The van der Waals surface area contributed by atoms with E-state index in [4.69, 9.17) is 5.11 Å². The van der Waals surface area contributed by atoms with Crippen LogP contribution < -0.4 is 0 Å². The molecular weight excluding hydrogens is 239 g/mol. The molecule has 0 atom stereocenters. The Morgan fingerprint density at radius 3 is 2.44 bits per heavy atom. The predicted octanol–water partition coefficient (Wildman–Crippen LogP) is 1.15. The Balaban J connectivity index is 1.97. The quantitative estimate of drug-likeness (QED) is 0.874. The van der Waals surface area contributed by atoms with Crippen LogP contribution in [0.5, 0.6) is 0 Å². The van der Waals surface area contributed by atoms with Crippen LogP contribution in [0.3, 0.4) is 0 Å². The highest BCUT2D eigenvalue weighted by atomic mass is 19.1. The second-order valence-corrected chi connectivity index (χ2v) is 4.15. The zero-order valence-corrected chi connectivity index (χ0v) is 9.67. The lowest BCUT2D eigenvalue weighted by atomic mass is 10.2. The number of amides is 2. The van der Waals surface area contributed by atoms with E-state index in [1.807, 2.05) is 0 Å². The maximum Gasteiger partial charge on any atom is 0.323 e. The Kier molecular flexibility index (Phi) is 3.45. The second kappa shape index (κ2) is 5.03. The molecule has 2 rings (SSSR count). The molecule has 18 heavy (non-hydrogen) atoms. The molecule has 6 heteroatoms. The van der Waals surface area contributed by atoms with E-state index in [-0.39, 0.29) is 18.4 Å². The number of carbonyl (C=O) groups excluding carboxylic acids is 1. The van der Waals surface area contributed by atoms with Crippen molar-refractivity contribution >= 4 is 12.0 Å². The summed E-state index contributed by atoms with van der Waals surface area (Å²) < 4.78 is 12.7. The van der Waals surface area contributed by atoms with Crippen LogP contribution in [0.2, 0.25) is 0 Å². The van der Waals surface area contributed by atoms with E-state index in [9.17, 15) is 14.0 Å². The van der Waals surface area contributed by atoms with Gasteiger partial charge >= 0.3 is 12.0 Å². The summed E-state index contributed by atoms with van der Waals surface area (Å²) in [5.41, 5.74) is 0.821. The minimum Gasteiger partial charge on any atom is -0.480 e. The maximum atomic E-state index is 12.7. The van der Waals surface area contributed by atoms with Crippen LogP contribution in [0.25, 0.3) is 0 Å². The SMILES string of the molecule is O=C(O)CN1CCN(Cc2ccc(F)cc2)C1=O. The molecule has 0 saturated carbocycles. The van der Waals surface area contributed by atoms with Crippen LogP contribution >= 0.6 is 0 Å². The minimum absolute atomic E-state index is 0.279. The molecule has 0 unspecified atom stereocenters. The van der Waals surface area contributed by atoms with Gasteiger partial charge in [-0.15, -0.1) is 0 Å². The lowest BCUT2D eigenvalue weighted by Crippen LogP contribution is -2.34. The maximum absolute atomic E-state index is 12.7. The molecule has 1 N–H and O–H groups in total.